The minimum Gasteiger partial charge on any atom is -0.399 e. The van der Waals surface area contributed by atoms with Gasteiger partial charge in [0, 0.05) is 10.2 Å². The molecule has 0 atom stereocenters. The molecule has 3 N–H and O–H groups in total. The van der Waals surface area contributed by atoms with E-state index in [0.29, 0.717) is 21.4 Å². The highest BCUT2D eigenvalue weighted by Crippen LogP contribution is 2.20. The van der Waals surface area contributed by atoms with Crippen molar-refractivity contribution in [2.75, 3.05) is 11.1 Å². The number of nitrogens with zero attached hydrogens (tertiary/aromatic N) is 1. The molecule has 0 aliphatic carbocycles. The number of aromatic nitrogens is 1. The first-order valence-corrected chi connectivity index (χ1v) is 5.83. The van der Waals surface area contributed by atoms with Gasteiger partial charge in [-0.2, -0.15) is 4.39 Å². The number of nitrogens with one attached hydrogen (secondary N) is 1. The maximum absolute atomic E-state index is 12.6. The van der Waals surface area contributed by atoms with Crippen molar-refractivity contribution in [3.63, 3.8) is 0 Å². The molecule has 0 aliphatic heterocycles. The average Bonchev–Trinajstić information content (AvgIpc) is 2.35. The van der Waals surface area contributed by atoms with Crippen LogP contribution in [0, 0.1) is 5.95 Å². The van der Waals surface area contributed by atoms with Gasteiger partial charge in [0.25, 0.3) is 5.91 Å². The number of hydrogen-bond donors (Lipinski definition) is 2. The Morgan fingerprint density at radius 2 is 2.11 bits per heavy atom. The van der Waals surface area contributed by atoms with Crippen LogP contribution >= 0.6 is 15.9 Å². The SMILES string of the molecule is Nc1ccc(Br)c(C(=O)Nc2ccc(F)nc2)c1. The second-order valence-corrected chi connectivity index (χ2v) is 4.42. The number of benzene rings is 1. The smallest absolute Gasteiger partial charge is 0.256 e. The average molecular weight is 310 g/mol. The molecule has 1 heterocycles. The van der Waals surface area contributed by atoms with E-state index in [4.69, 9.17) is 5.73 Å². The van der Waals surface area contributed by atoms with Gasteiger partial charge in [0.2, 0.25) is 5.95 Å². The van der Waals surface area contributed by atoms with Crippen LogP contribution in [0.1, 0.15) is 10.4 Å². The van der Waals surface area contributed by atoms with E-state index in [9.17, 15) is 9.18 Å². The van der Waals surface area contributed by atoms with Crippen LogP contribution in [0.5, 0.6) is 0 Å². The Bertz CT molecular complexity index is 586. The number of hydrogen-bond acceptors (Lipinski definition) is 3. The molecule has 1 amide bonds. The number of pyridine rings is 1. The maximum atomic E-state index is 12.6. The van der Waals surface area contributed by atoms with Crippen molar-refractivity contribution in [1.29, 1.82) is 0 Å². The molecule has 92 valence electrons. The molecule has 2 aromatic rings. The second kappa shape index (κ2) is 5.14. The zero-order chi connectivity index (χ0) is 13.1. The van der Waals surface area contributed by atoms with Gasteiger partial charge >= 0.3 is 0 Å². The highest BCUT2D eigenvalue weighted by molar-refractivity contribution is 9.10. The first-order valence-electron chi connectivity index (χ1n) is 5.04. The van der Waals surface area contributed by atoms with E-state index in [1.54, 1.807) is 18.2 Å². The molecule has 1 aromatic heterocycles. The Morgan fingerprint density at radius 1 is 1.33 bits per heavy atom. The summed E-state index contributed by atoms with van der Waals surface area (Å²) in [6, 6.07) is 7.52. The van der Waals surface area contributed by atoms with Crippen LogP contribution in [0.2, 0.25) is 0 Å². The fraction of sp³-hybridized carbons (Fsp3) is 0. The van der Waals surface area contributed by atoms with Gasteiger partial charge in [-0.25, -0.2) is 4.98 Å². The van der Waals surface area contributed by atoms with Crippen molar-refractivity contribution in [3.8, 4) is 0 Å². The summed E-state index contributed by atoms with van der Waals surface area (Å²) in [5, 5.41) is 2.60. The van der Waals surface area contributed by atoms with Crippen molar-refractivity contribution >= 4 is 33.2 Å². The Labute approximate surface area is 111 Å². The third kappa shape index (κ3) is 2.84. The molecule has 0 spiro atoms. The lowest BCUT2D eigenvalue weighted by Crippen LogP contribution is -2.13. The number of nitrogens with two attached hydrogens (primary N) is 1. The number of halogens is 2. The lowest BCUT2D eigenvalue weighted by molar-refractivity contribution is 0.102. The van der Waals surface area contributed by atoms with Crippen molar-refractivity contribution in [1.82, 2.24) is 4.98 Å². The van der Waals surface area contributed by atoms with E-state index in [0.717, 1.165) is 0 Å². The number of carbonyl (C=O) groups is 1. The fourth-order valence-electron chi connectivity index (χ4n) is 1.37. The zero-order valence-electron chi connectivity index (χ0n) is 9.15. The Kier molecular flexibility index (Phi) is 3.57. The Hall–Kier alpha value is -1.95. The third-order valence-electron chi connectivity index (χ3n) is 2.22. The summed E-state index contributed by atoms with van der Waals surface area (Å²) in [5.41, 5.74) is 6.92. The van der Waals surface area contributed by atoms with Gasteiger partial charge in [-0.05, 0) is 46.3 Å². The number of carbonyl (C=O) groups excluding carboxylic acids is 1. The number of nitrogen functional groups attached to an aromatic ring is 1. The van der Waals surface area contributed by atoms with E-state index in [1.165, 1.54) is 18.3 Å². The standard InChI is InChI=1S/C12H9BrFN3O/c13-10-3-1-7(15)5-9(10)12(18)17-8-2-4-11(14)16-6-8/h1-6H,15H2,(H,17,18). The fourth-order valence-corrected chi connectivity index (χ4v) is 1.79. The molecule has 0 radical (unpaired) electrons. The van der Waals surface area contributed by atoms with E-state index >= 15 is 0 Å². The molecular weight excluding hydrogens is 301 g/mol. The van der Waals surface area contributed by atoms with Crippen LogP contribution in [-0.4, -0.2) is 10.9 Å². The van der Waals surface area contributed by atoms with E-state index in [-0.39, 0.29) is 5.91 Å². The van der Waals surface area contributed by atoms with E-state index in [1.807, 2.05) is 0 Å². The topological polar surface area (TPSA) is 68.0 Å². The second-order valence-electron chi connectivity index (χ2n) is 3.56. The molecule has 4 nitrogen and oxygen atoms in total. The summed E-state index contributed by atoms with van der Waals surface area (Å²) in [6.07, 6.45) is 1.24. The molecule has 0 fully saturated rings. The summed E-state index contributed by atoms with van der Waals surface area (Å²) in [7, 11) is 0. The molecule has 0 aliphatic rings. The summed E-state index contributed by atoms with van der Waals surface area (Å²) < 4.78 is 13.2. The van der Waals surface area contributed by atoms with Gasteiger partial charge in [0.15, 0.2) is 0 Å². The Balaban J connectivity index is 2.21. The first kappa shape index (κ1) is 12.5. The van der Waals surface area contributed by atoms with Crippen LogP contribution < -0.4 is 11.1 Å². The molecule has 1 aromatic carbocycles. The molecular formula is C12H9BrFN3O. The van der Waals surface area contributed by atoms with Gasteiger partial charge in [-0.1, -0.05) is 0 Å². The van der Waals surface area contributed by atoms with Crippen molar-refractivity contribution < 1.29 is 9.18 Å². The number of rotatable bonds is 2. The van der Waals surface area contributed by atoms with Gasteiger partial charge in [-0.15, -0.1) is 0 Å². The third-order valence-corrected chi connectivity index (χ3v) is 2.91. The number of anilines is 2. The molecule has 0 saturated heterocycles. The number of amides is 1. The van der Waals surface area contributed by atoms with Crippen LogP contribution in [0.4, 0.5) is 15.8 Å². The molecule has 6 heteroatoms. The lowest BCUT2D eigenvalue weighted by atomic mass is 10.2. The van der Waals surface area contributed by atoms with Gasteiger partial charge in [0.05, 0.1) is 17.4 Å². The lowest BCUT2D eigenvalue weighted by Gasteiger charge is -2.07. The molecule has 0 saturated carbocycles. The highest BCUT2D eigenvalue weighted by atomic mass is 79.9. The van der Waals surface area contributed by atoms with Crippen LogP contribution in [0.3, 0.4) is 0 Å². The van der Waals surface area contributed by atoms with Crippen molar-refractivity contribution in [3.05, 3.63) is 52.5 Å². The van der Waals surface area contributed by atoms with Gasteiger partial charge in [-0.3, -0.25) is 4.79 Å². The summed E-state index contributed by atoms with van der Waals surface area (Å²) in [5.74, 6) is -0.944. The largest absolute Gasteiger partial charge is 0.399 e. The monoisotopic (exact) mass is 309 g/mol. The van der Waals surface area contributed by atoms with Crippen molar-refractivity contribution in [2.45, 2.75) is 0 Å². The molecule has 2 rings (SSSR count). The first-order chi connectivity index (χ1) is 8.56. The predicted octanol–water partition coefficient (Wildman–Crippen LogP) is 2.82. The van der Waals surface area contributed by atoms with Crippen LogP contribution in [0.15, 0.2) is 41.0 Å². The minimum atomic E-state index is -0.599. The predicted molar refractivity (Wildman–Crippen MR) is 70.7 cm³/mol. The molecule has 0 bridgehead atoms. The van der Waals surface area contributed by atoms with E-state index < -0.39 is 5.95 Å². The minimum absolute atomic E-state index is 0.345. The van der Waals surface area contributed by atoms with Gasteiger partial charge in [0.1, 0.15) is 0 Å². The van der Waals surface area contributed by atoms with Crippen molar-refractivity contribution in [2.24, 2.45) is 0 Å². The molecule has 0 unspecified atom stereocenters. The van der Waals surface area contributed by atoms with Crippen LogP contribution in [0.25, 0.3) is 0 Å². The normalized spacial score (nSPS) is 10.1. The summed E-state index contributed by atoms with van der Waals surface area (Å²) >= 11 is 3.26. The van der Waals surface area contributed by atoms with E-state index in [2.05, 4.69) is 26.2 Å². The summed E-state index contributed by atoms with van der Waals surface area (Å²) in [4.78, 5) is 15.4. The Morgan fingerprint density at radius 3 is 2.78 bits per heavy atom. The quantitative estimate of drug-likeness (QED) is 0.662. The summed E-state index contributed by atoms with van der Waals surface area (Å²) in [6.45, 7) is 0. The zero-order valence-corrected chi connectivity index (χ0v) is 10.7. The molecule has 18 heavy (non-hydrogen) atoms. The van der Waals surface area contributed by atoms with Crippen LogP contribution in [-0.2, 0) is 0 Å². The maximum Gasteiger partial charge on any atom is 0.256 e. The van der Waals surface area contributed by atoms with Gasteiger partial charge < -0.3 is 11.1 Å². The highest BCUT2D eigenvalue weighted by Gasteiger charge is 2.10.